The van der Waals surface area contributed by atoms with E-state index in [-0.39, 0.29) is 0 Å². The van der Waals surface area contributed by atoms with Gasteiger partial charge in [-0.15, -0.1) is 0 Å². The Morgan fingerprint density at radius 2 is 0.414 bits per heavy atom. The van der Waals surface area contributed by atoms with Gasteiger partial charge in [0.1, 0.15) is 0 Å². The summed E-state index contributed by atoms with van der Waals surface area (Å²) in [6.45, 7) is 18.6. The average Bonchev–Trinajstić information content (AvgIpc) is 3.21. The SMILES string of the molecule is CC(C)CCCCCCCCCCCCCCCO.CC(C)CCCCCCCCCCCCCCCO.[CH2-]CCCCCCCCCCCCCCC(C)C.[O]=[Ti+]. The molecule has 0 fully saturated rings. The molecule has 0 saturated heterocycles. The summed E-state index contributed by atoms with van der Waals surface area (Å²) in [6, 6.07) is 0. The van der Waals surface area contributed by atoms with Crippen molar-refractivity contribution in [3.8, 4) is 0 Å². The second-order valence-corrected chi connectivity index (χ2v) is 19.3. The van der Waals surface area contributed by atoms with Crippen LogP contribution in [0.5, 0.6) is 0 Å². The van der Waals surface area contributed by atoms with E-state index < -0.39 is 0 Å². The number of aliphatic hydroxyl groups is 2. The molecule has 0 radical (unpaired) electrons. The maximum atomic E-state index is 8.67. The Kier molecular flexibility index (Phi) is 71.9. The van der Waals surface area contributed by atoms with Crippen molar-refractivity contribution in [2.45, 2.75) is 311 Å². The Morgan fingerprint density at radius 1 is 0.276 bits per heavy atom. The molecule has 0 rings (SSSR count). The zero-order valence-corrected chi connectivity index (χ0v) is 42.9. The topological polar surface area (TPSA) is 57.5 Å². The van der Waals surface area contributed by atoms with Gasteiger partial charge in [0.25, 0.3) is 0 Å². The Labute approximate surface area is 381 Å². The van der Waals surface area contributed by atoms with Gasteiger partial charge in [-0.05, 0) is 30.6 Å². The van der Waals surface area contributed by atoms with Crippen molar-refractivity contribution in [3.63, 3.8) is 0 Å². The third-order valence-electron chi connectivity index (χ3n) is 11.7. The summed E-state index contributed by atoms with van der Waals surface area (Å²) in [4.78, 5) is 0. The molecule has 0 aliphatic heterocycles. The van der Waals surface area contributed by atoms with E-state index in [0.717, 1.165) is 57.4 Å². The molecular formula is C54H113O3Ti. The molecular weight excluding hydrogens is 744 g/mol. The van der Waals surface area contributed by atoms with E-state index in [4.69, 9.17) is 13.5 Å². The van der Waals surface area contributed by atoms with Crippen LogP contribution in [0.3, 0.4) is 0 Å². The molecule has 0 unspecified atom stereocenters. The third kappa shape index (κ3) is 77.1. The zero-order valence-electron chi connectivity index (χ0n) is 41.4. The molecule has 0 spiro atoms. The van der Waals surface area contributed by atoms with E-state index >= 15 is 0 Å². The second kappa shape index (κ2) is 64.1. The maximum absolute atomic E-state index is 8.67. The van der Waals surface area contributed by atoms with Crippen molar-refractivity contribution in [1.29, 1.82) is 0 Å². The van der Waals surface area contributed by atoms with Crippen molar-refractivity contribution in [3.05, 3.63) is 6.92 Å². The van der Waals surface area contributed by atoms with Gasteiger partial charge in [0.2, 0.25) is 0 Å². The minimum atomic E-state index is 0.372. The quantitative estimate of drug-likeness (QED) is 0.0365. The summed E-state index contributed by atoms with van der Waals surface area (Å²) in [5, 5.41) is 17.3. The Morgan fingerprint density at radius 3 is 0.552 bits per heavy atom. The fraction of sp³-hybridized carbons (Fsp3) is 0.981. The van der Waals surface area contributed by atoms with Crippen molar-refractivity contribution in [1.82, 2.24) is 0 Å². The first-order chi connectivity index (χ1) is 28.3. The van der Waals surface area contributed by atoms with Crippen LogP contribution in [0.15, 0.2) is 0 Å². The molecule has 3 nitrogen and oxygen atoms in total. The first kappa shape index (κ1) is 65.1. The van der Waals surface area contributed by atoms with Gasteiger partial charge in [-0.1, -0.05) is 292 Å². The van der Waals surface area contributed by atoms with Gasteiger partial charge in [0.15, 0.2) is 0 Å². The summed E-state index contributed by atoms with van der Waals surface area (Å²) >= 11 is 0.750. The number of hydrogen-bond donors (Lipinski definition) is 2. The van der Waals surface area contributed by atoms with Crippen molar-refractivity contribution < 1.29 is 33.9 Å². The van der Waals surface area contributed by atoms with E-state index in [2.05, 4.69) is 48.5 Å². The van der Waals surface area contributed by atoms with Crippen LogP contribution in [-0.2, 0) is 23.7 Å². The molecule has 0 amide bonds. The van der Waals surface area contributed by atoms with Crippen LogP contribution in [0.2, 0.25) is 0 Å². The zero-order chi connectivity index (χ0) is 43.8. The van der Waals surface area contributed by atoms with Crippen LogP contribution in [-0.4, -0.2) is 23.4 Å². The van der Waals surface area contributed by atoms with Crippen LogP contribution in [0.4, 0.5) is 0 Å². The standard InChI is InChI=1S/2C18H38O.C18H37.O.Ti/c2*1-18(2)16-14-12-10-8-6-4-3-5-7-9-11-13-15-17-19;1-4-5-6-7-8-9-10-11-12-13-14-15-16-17-18(2)3;;/h2*18-19H,3-17H2,1-2H3;18H,1,4-17H2,2-3H3;;/q;;-1;;+1. The predicted molar refractivity (Wildman–Crippen MR) is 259 cm³/mol. The number of hydrogen-bond acceptors (Lipinski definition) is 3. The van der Waals surface area contributed by atoms with Gasteiger partial charge >= 0.3 is 23.7 Å². The van der Waals surface area contributed by atoms with Gasteiger partial charge in [-0.3, -0.25) is 0 Å². The summed E-state index contributed by atoms with van der Waals surface area (Å²) in [6.07, 6.45) is 58.4. The second-order valence-electron chi connectivity index (χ2n) is 19.3. The average molecular weight is 858 g/mol. The number of aliphatic hydroxyl groups excluding tert-OH is 2. The summed E-state index contributed by atoms with van der Waals surface area (Å²) in [5.41, 5.74) is 0. The Bertz CT molecular complexity index is 604. The molecule has 4 heteroatoms. The normalized spacial score (nSPS) is 11.1. The molecule has 0 atom stereocenters. The van der Waals surface area contributed by atoms with E-state index in [1.54, 1.807) is 0 Å². The molecule has 0 aliphatic rings. The summed E-state index contributed by atoms with van der Waals surface area (Å²) < 4.78 is 8.25. The van der Waals surface area contributed by atoms with E-state index in [1.165, 1.54) is 250 Å². The molecule has 0 aromatic carbocycles. The fourth-order valence-electron chi connectivity index (χ4n) is 7.71. The van der Waals surface area contributed by atoms with Crippen molar-refractivity contribution >= 4 is 0 Å². The Balaban J connectivity index is -0.000000369. The molecule has 351 valence electrons. The van der Waals surface area contributed by atoms with Gasteiger partial charge in [-0.2, -0.15) is 6.42 Å². The van der Waals surface area contributed by atoms with Gasteiger partial charge in [-0.25, -0.2) is 0 Å². The van der Waals surface area contributed by atoms with E-state index in [9.17, 15) is 0 Å². The fourth-order valence-corrected chi connectivity index (χ4v) is 7.71. The third-order valence-corrected chi connectivity index (χ3v) is 11.7. The molecule has 0 bridgehead atoms. The van der Waals surface area contributed by atoms with Gasteiger partial charge in [0.05, 0.1) is 0 Å². The van der Waals surface area contributed by atoms with Crippen LogP contribution >= 0.6 is 0 Å². The summed E-state index contributed by atoms with van der Waals surface area (Å²) in [5.74, 6) is 2.67. The molecule has 0 aromatic heterocycles. The molecule has 0 saturated carbocycles. The Hall–Kier alpha value is 0.434. The molecule has 0 aromatic rings. The van der Waals surface area contributed by atoms with Gasteiger partial charge in [0, 0.05) is 13.2 Å². The molecule has 2 N–H and O–H groups in total. The first-order valence-corrected chi connectivity index (χ1v) is 27.2. The number of unbranched alkanes of at least 4 members (excludes halogenated alkanes) is 36. The van der Waals surface area contributed by atoms with E-state index in [0.29, 0.717) is 13.2 Å². The van der Waals surface area contributed by atoms with Crippen LogP contribution in [0, 0.1) is 24.7 Å². The van der Waals surface area contributed by atoms with Crippen LogP contribution in [0.25, 0.3) is 0 Å². The van der Waals surface area contributed by atoms with Crippen LogP contribution in [0.1, 0.15) is 311 Å². The minimum absolute atomic E-state index is 0.372. The van der Waals surface area contributed by atoms with E-state index in [1.807, 2.05) is 0 Å². The van der Waals surface area contributed by atoms with Gasteiger partial charge < -0.3 is 17.1 Å². The van der Waals surface area contributed by atoms with Crippen molar-refractivity contribution in [2.24, 2.45) is 17.8 Å². The predicted octanol–water partition coefficient (Wildman–Crippen LogP) is 19.0. The number of rotatable bonds is 44. The van der Waals surface area contributed by atoms with Crippen molar-refractivity contribution in [2.75, 3.05) is 13.2 Å². The monoisotopic (exact) mass is 858 g/mol. The first-order valence-electron chi connectivity index (χ1n) is 26.5. The molecule has 0 aliphatic carbocycles. The molecule has 58 heavy (non-hydrogen) atoms. The molecule has 0 heterocycles. The summed E-state index contributed by atoms with van der Waals surface area (Å²) in [7, 11) is 0. The van der Waals surface area contributed by atoms with Crippen LogP contribution < -0.4 is 0 Å².